The van der Waals surface area contributed by atoms with Gasteiger partial charge in [-0.05, 0) is 54.0 Å². The molecule has 0 aliphatic carbocycles. The normalized spacial score (nSPS) is 11.2. The summed E-state index contributed by atoms with van der Waals surface area (Å²) in [4.78, 5) is 11.9. The van der Waals surface area contributed by atoms with Gasteiger partial charge in [0.15, 0.2) is 5.78 Å². The summed E-state index contributed by atoms with van der Waals surface area (Å²) in [5, 5.41) is 9.39. The first-order chi connectivity index (χ1) is 11.7. The minimum Gasteiger partial charge on any atom is -0.508 e. The molecule has 3 heteroatoms. The van der Waals surface area contributed by atoms with Gasteiger partial charge < -0.3 is 9.84 Å². The first kappa shape index (κ1) is 17.5. The summed E-state index contributed by atoms with van der Waals surface area (Å²) in [6, 6.07) is 14.4. The van der Waals surface area contributed by atoms with E-state index in [9.17, 15) is 9.90 Å². The Hall–Kier alpha value is -2.81. The smallest absolute Gasteiger partial charge is 0.178 e. The van der Waals surface area contributed by atoms with Crippen LogP contribution in [-0.2, 0) is 4.79 Å². The molecule has 0 saturated carbocycles. The maximum Gasteiger partial charge on any atom is 0.178 e. The summed E-state index contributed by atoms with van der Waals surface area (Å²) in [5.41, 5.74) is 1.70. The molecule has 0 aliphatic rings. The number of phenolic OH excluding ortho intramolecular Hbond substituents is 1. The fourth-order valence-electron chi connectivity index (χ4n) is 2.08. The highest BCUT2D eigenvalue weighted by molar-refractivity contribution is 6.04. The molecule has 0 heterocycles. The zero-order chi connectivity index (χ0) is 17.2. The van der Waals surface area contributed by atoms with Gasteiger partial charge in [0.25, 0.3) is 0 Å². The van der Waals surface area contributed by atoms with Crippen LogP contribution in [0.3, 0.4) is 0 Å². The van der Waals surface area contributed by atoms with Crippen molar-refractivity contribution in [3.8, 4) is 11.5 Å². The van der Waals surface area contributed by atoms with Gasteiger partial charge >= 0.3 is 0 Å². The predicted octanol–water partition coefficient (Wildman–Crippen LogP) is 4.87. The fraction of sp³-hybridized carbons (Fsp3) is 0.190. The second kappa shape index (κ2) is 9.36. The molecule has 2 rings (SSSR count). The third kappa shape index (κ3) is 6.13. The summed E-state index contributed by atoms with van der Waals surface area (Å²) in [7, 11) is 0. The van der Waals surface area contributed by atoms with Crippen LogP contribution in [0.4, 0.5) is 0 Å². The van der Waals surface area contributed by atoms with Gasteiger partial charge in [0, 0.05) is 0 Å². The molecule has 124 valence electrons. The Morgan fingerprint density at radius 3 is 2.38 bits per heavy atom. The number of ketones is 1. The number of hydrogen-bond acceptors (Lipinski definition) is 3. The Morgan fingerprint density at radius 1 is 1.04 bits per heavy atom. The molecule has 0 fully saturated rings. The Kier molecular flexibility index (Phi) is 6.84. The number of aromatic hydroxyl groups is 1. The lowest BCUT2D eigenvalue weighted by atomic mass is 10.1. The van der Waals surface area contributed by atoms with Gasteiger partial charge in [-0.25, -0.2) is 0 Å². The van der Waals surface area contributed by atoms with Crippen LogP contribution in [0.25, 0.3) is 12.2 Å². The molecule has 24 heavy (non-hydrogen) atoms. The van der Waals surface area contributed by atoms with E-state index in [1.54, 1.807) is 30.4 Å². The van der Waals surface area contributed by atoms with Crippen LogP contribution in [0.15, 0.2) is 60.7 Å². The van der Waals surface area contributed by atoms with Crippen LogP contribution >= 0.6 is 0 Å². The summed E-state index contributed by atoms with van der Waals surface area (Å²) < 4.78 is 5.65. The molecule has 0 amide bonds. The van der Waals surface area contributed by atoms with Gasteiger partial charge in [0.1, 0.15) is 11.5 Å². The van der Waals surface area contributed by atoms with Crippen molar-refractivity contribution in [1.29, 1.82) is 0 Å². The van der Waals surface area contributed by atoms with Crippen LogP contribution in [0.2, 0.25) is 0 Å². The van der Waals surface area contributed by atoms with E-state index in [4.69, 9.17) is 4.74 Å². The molecular formula is C21H22O3. The van der Waals surface area contributed by atoms with Gasteiger partial charge in [-0.3, -0.25) is 4.79 Å². The minimum atomic E-state index is -0.115. The second-order valence-electron chi connectivity index (χ2n) is 5.44. The van der Waals surface area contributed by atoms with Crippen molar-refractivity contribution >= 4 is 17.9 Å². The first-order valence-corrected chi connectivity index (χ1v) is 8.09. The van der Waals surface area contributed by atoms with E-state index in [1.165, 1.54) is 12.2 Å². The standard InChI is InChI=1S/C21H22O3/c1-2-3-14-24-21-9-5-7-18(16-21)11-13-19(22)12-10-17-6-4-8-20(23)15-17/h4-13,15-16,23H,2-3,14H2,1H3. The summed E-state index contributed by atoms with van der Waals surface area (Å²) in [5.74, 6) is 0.879. The maximum absolute atomic E-state index is 11.9. The molecule has 0 atom stereocenters. The largest absolute Gasteiger partial charge is 0.508 e. The van der Waals surface area contributed by atoms with Crippen molar-refractivity contribution in [1.82, 2.24) is 0 Å². The second-order valence-corrected chi connectivity index (χ2v) is 5.44. The fourth-order valence-corrected chi connectivity index (χ4v) is 2.08. The monoisotopic (exact) mass is 322 g/mol. The molecule has 0 aromatic heterocycles. The topological polar surface area (TPSA) is 46.5 Å². The molecule has 0 saturated heterocycles. The van der Waals surface area contributed by atoms with Crippen molar-refractivity contribution in [3.05, 3.63) is 71.8 Å². The summed E-state index contributed by atoms with van der Waals surface area (Å²) in [6.45, 7) is 2.83. The number of carbonyl (C=O) groups excluding carboxylic acids is 1. The molecule has 0 aliphatic heterocycles. The zero-order valence-corrected chi connectivity index (χ0v) is 13.8. The molecule has 3 nitrogen and oxygen atoms in total. The van der Waals surface area contributed by atoms with E-state index in [1.807, 2.05) is 30.3 Å². The predicted molar refractivity (Wildman–Crippen MR) is 98.0 cm³/mol. The van der Waals surface area contributed by atoms with Gasteiger partial charge in [-0.1, -0.05) is 49.8 Å². The van der Waals surface area contributed by atoms with Gasteiger partial charge in [0.05, 0.1) is 6.61 Å². The number of ether oxygens (including phenoxy) is 1. The SMILES string of the molecule is CCCCOc1cccc(C=CC(=O)C=Cc2cccc(O)c2)c1. The van der Waals surface area contributed by atoms with Crippen LogP contribution in [0.1, 0.15) is 30.9 Å². The third-order valence-corrected chi connectivity index (χ3v) is 3.38. The summed E-state index contributed by atoms with van der Waals surface area (Å²) in [6.07, 6.45) is 8.56. The van der Waals surface area contributed by atoms with Crippen molar-refractivity contribution in [2.75, 3.05) is 6.61 Å². The van der Waals surface area contributed by atoms with Gasteiger partial charge in [-0.2, -0.15) is 0 Å². The lowest BCUT2D eigenvalue weighted by molar-refractivity contribution is -0.110. The Morgan fingerprint density at radius 2 is 1.71 bits per heavy atom. The van der Waals surface area contributed by atoms with Gasteiger partial charge in [-0.15, -0.1) is 0 Å². The molecule has 2 aromatic rings. The number of allylic oxidation sites excluding steroid dienone is 2. The quantitative estimate of drug-likeness (QED) is 0.557. The minimum absolute atomic E-state index is 0.115. The number of phenols is 1. The van der Waals surface area contributed by atoms with E-state index in [0.29, 0.717) is 6.61 Å². The van der Waals surface area contributed by atoms with Crippen LogP contribution in [-0.4, -0.2) is 17.5 Å². The number of benzene rings is 2. The van der Waals surface area contributed by atoms with Crippen LogP contribution < -0.4 is 4.74 Å². The Balaban J connectivity index is 1.94. The lowest BCUT2D eigenvalue weighted by Gasteiger charge is -2.05. The number of hydrogen-bond donors (Lipinski definition) is 1. The van der Waals surface area contributed by atoms with Crippen LogP contribution in [0, 0.1) is 0 Å². The van der Waals surface area contributed by atoms with Crippen molar-refractivity contribution in [2.24, 2.45) is 0 Å². The molecule has 0 unspecified atom stereocenters. The average Bonchev–Trinajstić information content (AvgIpc) is 2.59. The molecule has 0 bridgehead atoms. The Bertz CT molecular complexity index is 729. The van der Waals surface area contributed by atoms with E-state index in [-0.39, 0.29) is 11.5 Å². The highest BCUT2D eigenvalue weighted by Crippen LogP contribution is 2.15. The van der Waals surface area contributed by atoms with E-state index >= 15 is 0 Å². The lowest BCUT2D eigenvalue weighted by Crippen LogP contribution is -1.96. The van der Waals surface area contributed by atoms with Crippen molar-refractivity contribution in [2.45, 2.75) is 19.8 Å². The van der Waals surface area contributed by atoms with Gasteiger partial charge in [0.2, 0.25) is 0 Å². The molecular weight excluding hydrogens is 300 g/mol. The highest BCUT2D eigenvalue weighted by Gasteiger charge is 1.96. The number of carbonyl (C=O) groups is 1. The number of rotatable bonds is 8. The van der Waals surface area contributed by atoms with E-state index in [2.05, 4.69) is 6.92 Å². The maximum atomic E-state index is 11.9. The summed E-state index contributed by atoms with van der Waals surface area (Å²) >= 11 is 0. The first-order valence-electron chi connectivity index (χ1n) is 8.09. The zero-order valence-electron chi connectivity index (χ0n) is 13.8. The van der Waals surface area contributed by atoms with Crippen LogP contribution in [0.5, 0.6) is 11.5 Å². The molecule has 0 radical (unpaired) electrons. The molecule has 0 spiro atoms. The molecule has 2 aromatic carbocycles. The van der Waals surface area contributed by atoms with Crippen molar-refractivity contribution < 1.29 is 14.6 Å². The Labute approximate surface area is 142 Å². The average molecular weight is 322 g/mol. The van der Waals surface area contributed by atoms with Crippen molar-refractivity contribution in [3.63, 3.8) is 0 Å². The highest BCUT2D eigenvalue weighted by atomic mass is 16.5. The third-order valence-electron chi connectivity index (χ3n) is 3.38. The van der Waals surface area contributed by atoms with E-state index < -0.39 is 0 Å². The molecule has 1 N–H and O–H groups in total. The number of unbranched alkanes of at least 4 members (excludes halogenated alkanes) is 1. The van der Waals surface area contributed by atoms with E-state index in [0.717, 1.165) is 29.7 Å².